The molecule has 2 rings (SSSR count). The molecular formula is C13H12NO. The Morgan fingerprint density at radius 3 is 1.47 bits per heavy atom. The van der Waals surface area contributed by atoms with Gasteiger partial charge >= 0.3 is 0 Å². The average Bonchev–Trinajstić information content (AvgIpc) is 2.33. The summed E-state index contributed by atoms with van der Waals surface area (Å²) in [6, 6.07) is 19.4. The summed E-state index contributed by atoms with van der Waals surface area (Å²) in [5, 5.41) is 11.2. The van der Waals surface area contributed by atoms with E-state index in [0.717, 1.165) is 11.4 Å². The molecule has 0 N–H and O–H groups in total. The molecule has 2 aromatic rings. The molecule has 15 heavy (non-hydrogen) atoms. The van der Waals surface area contributed by atoms with Gasteiger partial charge in [0.05, 0.1) is 0 Å². The van der Waals surface area contributed by atoms with Gasteiger partial charge in [-0.1, -0.05) is 36.4 Å². The molecule has 1 radical (unpaired) electrons. The minimum atomic E-state index is -0.270. The molecule has 0 heterocycles. The summed E-state index contributed by atoms with van der Waals surface area (Å²) in [7, 11) is 0. The Hall–Kier alpha value is -1.80. The van der Waals surface area contributed by atoms with Gasteiger partial charge in [0.2, 0.25) is 0 Å². The lowest BCUT2D eigenvalue weighted by Crippen LogP contribution is -2.16. The zero-order valence-electron chi connectivity index (χ0n) is 8.34. The van der Waals surface area contributed by atoms with Crippen LogP contribution in [0.5, 0.6) is 0 Å². The maximum Gasteiger partial charge on any atom is 0.158 e. The van der Waals surface area contributed by atoms with Gasteiger partial charge in [-0.2, -0.15) is 0 Å². The monoisotopic (exact) mass is 198 g/mol. The number of nitrogens with zero attached hydrogens (tertiary/aromatic N) is 1. The molecule has 0 aromatic heterocycles. The third-order valence-corrected chi connectivity index (χ3v) is 2.26. The number of benzene rings is 2. The van der Waals surface area contributed by atoms with Gasteiger partial charge in [0.1, 0.15) is 0 Å². The summed E-state index contributed by atoms with van der Waals surface area (Å²) in [6.07, 6.45) is 0. The van der Waals surface area contributed by atoms with Crippen molar-refractivity contribution < 1.29 is 5.11 Å². The standard InChI is InChI=1S/C13H12NO/c15-11-14(12-7-3-1-4-8-12)13-9-5-2-6-10-13/h1-10H,11H2. The van der Waals surface area contributed by atoms with Crippen LogP contribution in [0.4, 0.5) is 11.4 Å². The maximum atomic E-state index is 11.2. The van der Waals surface area contributed by atoms with Crippen LogP contribution in [0, 0.1) is 0 Å². The summed E-state index contributed by atoms with van der Waals surface area (Å²) in [6.45, 7) is -0.270. The Morgan fingerprint density at radius 1 is 0.733 bits per heavy atom. The molecule has 2 heteroatoms. The van der Waals surface area contributed by atoms with E-state index in [2.05, 4.69) is 0 Å². The van der Waals surface area contributed by atoms with Crippen LogP contribution in [0.3, 0.4) is 0 Å². The van der Waals surface area contributed by atoms with Crippen molar-refractivity contribution in [3.8, 4) is 0 Å². The Morgan fingerprint density at radius 2 is 1.13 bits per heavy atom. The summed E-state index contributed by atoms with van der Waals surface area (Å²) < 4.78 is 0. The van der Waals surface area contributed by atoms with Crippen molar-refractivity contribution in [2.75, 3.05) is 11.6 Å². The summed E-state index contributed by atoms with van der Waals surface area (Å²) >= 11 is 0. The molecule has 0 spiro atoms. The van der Waals surface area contributed by atoms with E-state index in [1.54, 1.807) is 4.90 Å². The highest BCUT2D eigenvalue weighted by atomic mass is 16.3. The van der Waals surface area contributed by atoms with E-state index < -0.39 is 0 Å². The third kappa shape index (κ3) is 2.17. The molecule has 75 valence electrons. The number of hydrogen-bond acceptors (Lipinski definition) is 1. The van der Waals surface area contributed by atoms with E-state index in [0.29, 0.717) is 0 Å². The molecule has 0 aliphatic rings. The first-order chi connectivity index (χ1) is 7.42. The largest absolute Gasteiger partial charge is 0.315 e. The van der Waals surface area contributed by atoms with Crippen LogP contribution in [0.1, 0.15) is 0 Å². The second kappa shape index (κ2) is 4.62. The van der Waals surface area contributed by atoms with Gasteiger partial charge in [0.25, 0.3) is 0 Å². The van der Waals surface area contributed by atoms with Crippen molar-refractivity contribution in [2.24, 2.45) is 0 Å². The van der Waals surface area contributed by atoms with Gasteiger partial charge in [-0.3, -0.25) is 0 Å². The highest BCUT2D eigenvalue weighted by Gasteiger charge is 2.06. The first-order valence-corrected chi connectivity index (χ1v) is 4.87. The van der Waals surface area contributed by atoms with Crippen LogP contribution in [-0.4, -0.2) is 6.73 Å². The second-order valence-electron chi connectivity index (χ2n) is 3.23. The quantitative estimate of drug-likeness (QED) is 0.694. The fourth-order valence-corrected chi connectivity index (χ4v) is 1.51. The van der Waals surface area contributed by atoms with Crippen molar-refractivity contribution in [2.45, 2.75) is 0 Å². The molecular weight excluding hydrogens is 186 g/mol. The molecule has 0 bridgehead atoms. The normalized spacial score (nSPS) is 9.93. The third-order valence-electron chi connectivity index (χ3n) is 2.26. The van der Waals surface area contributed by atoms with Crippen LogP contribution in [-0.2, 0) is 5.11 Å². The highest BCUT2D eigenvalue weighted by molar-refractivity contribution is 5.62. The topological polar surface area (TPSA) is 23.1 Å². The van der Waals surface area contributed by atoms with Gasteiger partial charge in [-0.25, -0.2) is 5.11 Å². The van der Waals surface area contributed by atoms with E-state index in [1.807, 2.05) is 60.7 Å². The molecule has 0 aliphatic heterocycles. The number of rotatable bonds is 3. The Balaban J connectivity index is 2.34. The van der Waals surface area contributed by atoms with Gasteiger partial charge in [-0.05, 0) is 24.3 Å². The van der Waals surface area contributed by atoms with Crippen molar-refractivity contribution in [1.82, 2.24) is 0 Å². The SMILES string of the molecule is [O]CN(c1ccccc1)c1ccccc1. The van der Waals surface area contributed by atoms with E-state index in [9.17, 15) is 5.11 Å². The predicted molar refractivity (Wildman–Crippen MR) is 60.6 cm³/mol. The van der Waals surface area contributed by atoms with Crippen LogP contribution in [0.25, 0.3) is 0 Å². The minimum Gasteiger partial charge on any atom is -0.315 e. The predicted octanol–water partition coefficient (Wildman–Crippen LogP) is 3.21. The molecule has 0 saturated carbocycles. The lowest BCUT2D eigenvalue weighted by molar-refractivity contribution is 0.201. The number of hydrogen-bond donors (Lipinski definition) is 0. The summed E-state index contributed by atoms with van der Waals surface area (Å²) in [5.74, 6) is 0. The Labute approximate surface area is 89.4 Å². The zero-order valence-corrected chi connectivity index (χ0v) is 8.34. The number of para-hydroxylation sites is 2. The smallest absolute Gasteiger partial charge is 0.158 e. The van der Waals surface area contributed by atoms with E-state index in [4.69, 9.17) is 0 Å². The molecule has 0 amide bonds. The Bertz CT molecular complexity index is 360. The fourth-order valence-electron chi connectivity index (χ4n) is 1.51. The summed E-state index contributed by atoms with van der Waals surface area (Å²) in [4.78, 5) is 1.74. The molecule has 0 saturated heterocycles. The molecule has 0 aliphatic carbocycles. The molecule has 0 fully saturated rings. The van der Waals surface area contributed by atoms with Crippen molar-refractivity contribution in [3.05, 3.63) is 60.7 Å². The van der Waals surface area contributed by atoms with Gasteiger partial charge in [0.15, 0.2) is 6.73 Å². The lowest BCUT2D eigenvalue weighted by atomic mass is 10.2. The van der Waals surface area contributed by atoms with Gasteiger partial charge in [0, 0.05) is 11.4 Å². The first kappa shape index (κ1) is 9.74. The highest BCUT2D eigenvalue weighted by Crippen LogP contribution is 2.23. The van der Waals surface area contributed by atoms with Crippen LogP contribution >= 0.6 is 0 Å². The van der Waals surface area contributed by atoms with E-state index in [1.165, 1.54) is 0 Å². The molecule has 2 nitrogen and oxygen atoms in total. The zero-order chi connectivity index (χ0) is 10.5. The maximum absolute atomic E-state index is 11.2. The minimum absolute atomic E-state index is 0.270. The van der Waals surface area contributed by atoms with Crippen molar-refractivity contribution in [1.29, 1.82) is 0 Å². The molecule has 0 atom stereocenters. The van der Waals surface area contributed by atoms with Crippen molar-refractivity contribution in [3.63, 3.8) is 0 Å². The van der Waals surface area contributed by atoms with Gasteiger partial charge < -0.3 is 4.90 Å². The van der Waals surface area contributed by atoms with Crippen molar-refractivity contribution >= 4 is 11.4 Å². The summed E-state index contributed by atoms with van der Waals surface area (Å²) in [5.41, 5.74) is 1.86. The first-order valence-electron chi connectivity index (χ1n) is 4.87. The van der Waals surface area contributed by atoms with Crippen LogP contribution in [0.2, 0.25) is 0 Å². The van der Waals surface area contributed by atoms with Crippen LogP contribution < -0.4 is 4.90 Å². The van der Waals surface area contributed by atoms with Gasteiger partial charge in [-0.15, -0.1) is 0 Å². The van der Waals surface area contributed by atoms with E-state index in [-0.39, 0.29) is 6.73 Å². The van der Waals surface area contributed by atoms with Crippen LogP contribution in [0.15, 0.2) is 60.7 Å². The molecule has 2 aromatic carbocycles. The van der Waals surface area contributed by atoms with E-state index >= 15 is 0 Å². The Kier molecular flexibility index (Phi) is 3.00. The average molecular weight is 198 g/mol. The second-order valence-corrected chi connectivity index (χ2v) is 3.23. The fraction of sp³-hybridized carbons (Fsp3) is 0.0769. The lowest BCUT2D eigenvalue weighted by Gasteiger charge is -2.20. The number of anilines is 2. The molecule has 0 unspecified atom stereocenters.